The number of anilines is 4. The van der Waals surface area contributed by atoms with Gasteiger partial charge in [-0.05, 0) is 72.6 Å². The average molecular weight is 758 g/mol. The maximum atomic E-state index is 13.2. The molecule has 14 nitrogen and oxygen atoms in total. The summed E-state index contributed by atoms with van der Waals surface area (Å²) in [6, 6.07) is 5.52. The number of nitrogens with two attached hydrogens (primary N) is 1. The van der Waals surface area contributed by atoms with Crippen LogP contribution in [-0.4, -0.2) is 79.9 Å². The first-order valence-electron chi connectivity index (χ1n) is 16.6. The van der Waals surface area contributed by atoms with Gasteiger partial charge in [0.2, 0.25) is 5.95 Å². The second-order valence-electron chi connectivity index (χ2n) is 14.7. The smallest absolute Gasteiger partial charge is 0.413 e. The van der Waals surface area contributed by atoms with E-state index in [-0.39, 0.29) is 28.1 Å². The minimum atomic E-state index is -0.745. The molecule has 4 N–H and O–H groups in total. The molecular formula is C34H42Cl2N10O4S. The molecule has 0 saturated carbocycles. The zero-order valence-corrected chi connectivity index (χ0v) is 31.7. The van der Waals surface area contributed by atoms with Gasteiger partial charge < -0.3 is 25.0 Å². The molecule has 4 aromatic rings. The Bertz CT molecular complexity index is 1940. The van der Waals surface area contributed by atoms with E-state index in [4.69, 9.17) is 43.4 Å². The van der Waals surface area contributed by atoms with E-state index in [0.717, 1.165) is 31.6 Å². The van der Waals surface area contributed by atoms with Crippen molar-refractivity contribution >= 4 is 76.1 Å². The molecule has 1 spiro atoms. The second kappa shape index (κ2) is 14.2. The third kappa shape index (κ3) is 8.37. The highest BCUT2D eigenvalue weighted by atomic mass is 35.5. The molecule has 2 amide bonds. The fourth-order valence-corrected chi connectivity index (χ4v) is 7.72. The number of nitrogens with one attached hydrogen (secondary N) is 2. The van der Waals surface area contributed by atoms with Gasteiger partial charge in [0, 0.05) is 73.0 Å². The van der Waals surface area contributed by atoms with E-state index in [1.807, 2.05) is 22.7 Å². The maximum Gasteiger partial charge on any atom is 0.413 e. The Morgan fingerprint density at radius 1 is 0.922 bits per heavy atom. The lowest BCUT2D eigenvalue weighted by atomic mass is 9.75. The van der Waals surface area contributed by atoms with Crippen LogP contribution in [0.4, 0.5) is 32.9 Å². The van der Waals surface area contributed by atoms with Gasteiger partial charge in [-0.3, -0.25) is 15.0 Å². The lowest BCUT2D eigenvalue weighted by Crippen LogP contribution is -2.49. The fourth-order valence-electron chi connectivity index (χ4n) is 6.31. The molecule has 17 heteroatoms. The number of imidazole rings is 1. The van der Waals surface area contributed by atoms with Crippen molar-refractivity contribution in [2.24, 2.45) is 11.1 Å². The summed E-state index contributed by atoms with van der Waals surface area (Å²) >= 11 is 14.2. The van der Waals surface area contributed by atoms with Crippen LogP contribution >= 0.6 is 35.0 Å². The van der Waals surface area contributed by atoms with Gasteiger partial charge in [-0.1, -0.05) is 35.0 Å². The largest absolute Gasteiger partial charge is 0.444 e. The van der Waals surface area contributed by atoms with Crippen molar-refractivity contribution in [3.8, 4) is 0 Å². The van der Waals surface area contributed by atoms with Crippen molar-refractivity contribution in [3.63, 3.8) is 0 Å². The number of carbonyl (C=O) groups excluding carboxylic acids is 2. The van der Waals surface area contributed by atoms with Crippen molar-refractivity contribution < 1.29 is 19.1 Å². The minimum Gasteiger partial charge on any atom is -0.444 e. The van der Waals surface area contributed by atoms with Gasteiger partial charge in [-0.25, -0.2) is 24.5 Å². The third-order valence-electron chi connectivity index (χ3n) is 8.62. The Morgan fingerprint density at radius 2 is 1.57 bits per heavy atom. The van der Waals surface area contributed by atoms with E-state index in [0.29, 0.717) is 39.6 Å². The van der Waals surface area contributed by atoms with Gasteiger partial charge >= 0.3 is 12.2 Å². The lowest BCUT2D eigenvalue weighted by Gasteiger charge is -2.42. The number of hydrogen-bond donors (Lipinski definition) is 3. The predicted octanol–water partition coefficient (Wildman–Crippen LogP) is 7.11. The first-order valence-corrected chi connectivity index (χ1v) is 18.1. The van der Waals surface area contributed by atoms with Crippen LogP contribution in [0.3, 0.4) is 0 Å². The van der Waals surface area contributed by atoms with Crippen molar-refractivity contribution in [1.29, 1.82) is 0 Å². The average Bonchev–Trinajstić information content (AvgIpc) is 3.64. The number of nitrogens with zero attached hydrogens (tertiary/aromatic N) is 7. The Kier molecular flexibility index (Phi) is 10.2. The van der Waals surface area contributed by atoms with Crippen molar-refractivity contribution in [2.45, 2.75) is 81.4 Å². The molecule has 4 aromatic heterocycles. The van der Waals surface area contributed by atoms with Gasteiger partial charge in [0.15, 0.2) is 17.3 Å². The third-order valence-corrected chi connectivity index (χ3v) is 10.5. The van der Waals surface area contributed by atoms with Crippen molar-refractivity contribution in [2.75, 3.05) is 46.6 Å². The van der Waals surface area contributed by atoms with Crippen LogP contribution in [0.5, 0.6) is 0 Å². The number of carbonyl (C=O) groups is 2. The number of hydrogen-bond acceptors (Lipinski definition) is 12. The number of amides is 2. The predicted molar refractivity (Wildman–Crippen MR) is 199 cm³/mol. The van der Waals surface area contributed by atoms with Gasteiger partial charge in [0.1, 0.15) is 16.4 Å². The molecule has 0 aliphatic carbocycles. The summed E-state index contributed by atoms with van der Waals surface area (Å²) in [5, 5.41) is 6.11. The number of ether oxygens (including phenoxy) is 2. The van der Waals surface area contributed by atoms with Crippen LogP contribution in [0.15, 0.2) is 52.8 Å². The van der Waals surface area contributed by atoms with E-state index >= 15 is 0 Å². The standard InChI is InChI=1S/C34H42Cl2N10O4S/c1-32(2,3)49-30(47)42-26-24(36)21(8-12-39-26)51-25-27(43-31(48)50-33(4,5)6)41-29(46-16-13-40-28(25)46)44-14-9-34(10-15-44)19-45(18-22(34)37)20-7-11-38-23(35)17-20/h7-8,11-13,16-17,22H,9-10,14-15,18-19,37H2,1-6H3,(H,43,48)(H,39,42,47)/t22-/m1/s1. The molecule has 6 heterocycles. The van der Waals surface area contributed by atoms with Gasteiger partial charge in [-0.2, -0.15) is 4.98 Å². The minimum absolute atomic E-state index is 0.0178. The Morgan fingerprint density at radius 3 is 2.22 bits per heavy atom. The molecule has 2 aliphatic heterocycles. The highest BCUT2D eigenvalue weighted by molar-refractivity contribution is 7.99. The van der Waals surface area contributed by atoms with Gasteiger partial charge in [0.05, 0.1) is 9.92 Å². The topological polar surface area (TPSA) is 165 Å². The molecular weight excluding hydrogens is 715 g/mol. The monoisotopic (exact) mass is 756 g/mol. The molecule has 6 rings (SSSR count). The SMILES string of the molecule is CC(C)(C)OC(=O)Nc1nccc(Sc2c(NC(=O)OC(C)(C)C)nc(N3CCC4(CC3)CN(c3ccnc(Cl)c3)C[C@H]4N)n3ccnc23)c1Cl. The summed E-state index contributed by atoms with van der Waals surface area (Å²) in [4.78, 5) is 49.3. The number of halogens is 2. The van der Waals surface area contributed by atoms with Crippen LogP contribution in [0.25, 0.3) is 5.65 Å². The molecule has 0 radical (unpaired) electrons. The highest BCUT2D eigenvalue weighted by Gasteiger charge is 2.47. The normalized spacial score (nSPS) is 17.5. The summed E-state index contributed by atoms with van der Waals surface area (Å²) in [7, 11) is 0. The second-order valence-corrected chi connectivity index (χ2v) is 16.5. The number of rotatable bonds is 6. The first kappa shape index (κ1) is 36.7. The van der Waals surface area contributed by atoms with Crippen LogP contribution in [-0.2, 0) is 9.47 Å². The number of piperidine rings is 1. The van der Waals surface area contributed by atoms with Crippen molar-refractivity contribution in [3.05, 3.63) is 53.2 Å². The van der Waals surface area contributed by atoms with E-state index in [1.165, 1.54) is 18.0 Å². The summed E-state index contributed by atoms with van der Waals surface area (Å²) in [6.45, 7) is 13.6. The molecule has 2 aliphatic rings. The molecule has 2 saturated heterocycles. The van der Waals surface area contributed by atoms with Crippen molar-refractivity contribution in [1.82, 2.24) is 24.3 Å². The zero-order chi connectivity index (χ0) is 36.7. The summed E-state index contributed by atoms with van der Waals surface area (Å²) < 4.78 is 12.9. The quantitative estimate of drug-likeness (QED) is 0.171. The Labute approximate surface area is 310 Å². The van der Waals surface area contributed by atoms with E-state index < -0.39 is 23.4 Å². The molecule has 1 atom stereocenters. The zero-order valence-electron chi connectivity index (χ0n) is 29.4. The van der Waals surface area contributed by atoms with Gasteiger partial charge in [-0.15, -0.1) is 0 Å². The van der Waals surface area contributed by atoms with Crippen LogP contribution in [0.2, 0.25) is 10.2 Å². The molecule has 51 heavy (non-hydrogen) atoms. The molecule has 272 valence electrons. The molecule has 0 unspecified atom stereocenters. The maximum absolute atomic E-state index is 13.2. The van der Waals surface area contributed by atoms with E-state index in [9.17, 15) is 9.59 Å². The summed E-state index contributed by atoms with van der Waals surface area (Å²) in [5.74, 6) is 0.987. The summed E-state index contributed by atoms with van der Waals surface area (Å²) in [6.07, 6.45) is 7.08. The van der Waals surface area contributed by atoms with E-state index in [2.05, 4.69) is 35.4 Å². The fraction of sp³-hybridized carbons (Fsp3) is 0.471. The van der Waals surface area contributed by atoms with Crippen LogP contribution < -0.4 is 26.2 Å². The molecule has 0 bridgehead atoms. The van der Waals surface area contributed by atoms with Gasteiger partial charge in [0.25, 0.3) is 0 Å². The highest BCUT2D eigenvalue weighted by Crippen LogP contribution is 2.45. The number of pyridine rings is 2. The Balaban J connectivity index is 1.30. The number of aromatic nitrogens is 5. The van der Waals surface area contributed by atoms with Crippen LogP contribution in [0, 0.1) is 5.41 Å². The molecule has 2 fully saturated rings. The first-order chi connectivity index (χ1) is 24.0. The molecule has 0 aromatic carbocycles. The van der Waals surface area contributed by atoms with Crippen LogP contribution in [0.1, 0.15) is 54.4 Å². The van der Waals surface area contributed by atoms with E-state index in [1.54, 1.807) is 60.0 Å². The lowest BCUT2D eigenvalue weighted by molar-refractivity contribution is 0.0623. The Hall–Kier alpha value is -4.05. The summed E-state index contributed by atoms with van der Waals surface area (Å²) in [5.41, 5.74) is 6.84. The number of fused-ring (bicyclic) bond motifs is 1.